The van der Waals surface area contributed by atoms with Crippen LogP contribution in [0.25, 0.3) is 11.5 Å². The number of carboxylic acids is 1. The van der Waals surface area contributed by atoms with Crippen LogP contribution >= 0.6 is 0 Å². The van der Waals surface area contributed by atoms with Gasteiger partial charge in [-0.1, -0.05) is 43.2 Å². The number of carbonyl (C=O) groups excluding carboxylic acids is 1. The van der Waals surface area contributed by atoms with Crippen molar-refractivity contribution in [1.82, 2.24) is 15.2 Å². The molecule has 0 spiro atoms. The highest BCUT2D eigenvalue weighted by Crippen LogP contribution is 2.36. The van der Waals surface area contributed by atoms with Crippen LogP contribution < -0.4 is 10.1 Å². The largest absolute Gasteiger partial charge is 0.493 e. The Morgan fingerprint density at radius 1 is 1.08 bits per heavy atom. The van der Waals surface area contributed by atoms with Crippen LogP contribution in [0.3, 0.4) is 0 Å². The topological polar surface area (TPSA) is 105 Å². The number of carbonyl (C=O) groups is 2. The van der Waals surface area contributed by atoms with Gasteiger partial charge in [0.15, 0.2) is 0 Å². The van der Waals surface area contributed by atoms with Crippen LogP contribution in [0.5, 0.6) is 5.75 Å². The van der Waals surface area contributed by atoms with E-state index in [0.717, 1.165) is 48.5 Å². The van der Waals surface area contributed by atoms with Gasteiger partial charge in [-0.15, -0.1) is 0 Å². The molecule has 3 aromatic rings. The molecule has 0 bridgehead atoms. The van der Waals surface area contributed by atoms with Gasteiger partial charge in [-0.25, -0.2) is 14.6 Å². The van der Waals surface area contributed by atoms with Crippen molar-refractivity contribution in [3.8, 4) is 17.2 Å². The summed E-state index contributed by atoms with van der Waals surface area (Å²) in [4.78, 5) is 31.1. The molecule has 3 atom stereocenters. The van der Waals surface area contributed by atoms with Gasteiger partial charge in [0.1, 0.15) is 17.6 Å². The van der Waals surface area contributed by atoms with E-state index in [1.54, 1.807) is 4.90 Å². The first-order valence-electron chi connectivity index (χ1n) is 13.5. The number of likely N-dealkylation sites (tertiary alicyclic amines) is 1. The lowest BCUT2D eigenvalue weighted by Gasteiger charge is -2.22. The molecule has 1 aliphatic carbocycles. The van der Waals surface area contributed by atoms with Crippen LogP contribution in [0, 0.1) is 18.8 Å². The van der Waals surface area contributed by atoms with E-state index in [9.17, 15) is 14.7 Å². The summed E-state index contributed by atoms with van der Waals surface area (Å²) in [6, 6.07) is 15.9. The summed E-state index contributed by atoms with van der Waals surface area (Å²) in [5.74, 6) is 2.15. The van der Waals surface area contributed by atoms with Gasteiger partial charge in [0, 0.05) is 31.5 Å². The standard InChI is InChI=1S/C30H35N3O5/c1-20-26(31-28(38-20)22-7-3-2-4-8-22)15-16-37-25-13-11-21(12-14-25)17-27(29(34)35)32-30(36)33-18-23-9-5-6-10-24(23)19-33/h2-4,7-8,11-14,23-24,27H,5-6,9-10,15-19H2,1H3,(H,32,36)(H,34,35)/t23-,24+,27?. The number of nitrogens with zero attached hydrogens (tertiary/aromatic N) is 2. The summed E-state index contributed by atoms with van der Waals surface area (Å²) in [6.45, 7) is 3.80. The number of nitrogens with one attached hydrogen (secondary N) is 1. The van der Waals surface area contributed by atoms with Crippen LogP contribution in [-0.2, 0) is 17.6 Å². The first-order chi connectivity index (χ1) is 18.5. The van der Waals surface area contributed by atoms with Gasteiger partial charge in [-0.05, 0) is 61.4 Å². The van der Waals surface area contributed by atoms with E-state index in [1.165, 1.54) is 12.8 Å². The van der Waals surface area contributed by atoms with E-state index in [2.05, 4.69) is 10.3 Å². The van der Waals surface area contributed by atoms with Crippen molar-refractivity contribution in [2.45, 2.75) is 51.5 Å². The number of rotatable bonds is 9. The number of benzene rings is 2. The fourth-order valence-corrected chi connectivity index (χ4v) is 5.60. The van der Waals surface area contributed by atoms with Gasteiger partial charge < -0.3 is 24.5 Å². The van der Waals surface area contributed by atoms with Gasteiger partial charge in [0.25, 0.3) is 0 Å². The third kappa shape index (κ3) is 6.18. The van der Waals surface area contributed by atoms with Gasteiger partial charge in [-0.2, -0.15) is 0 Å². The molecule has 1 aliphatic heterocycles. The lowest BCUT2D eigenvalue weighted by molar-refractivity contribution is -0.139. The Kier molecular flexibility index (Phi) is 7.96. The molecule has 1 aromatic heterocycles. The summed E-state index contributed by atoms with van der Waals surface area (Å²) in [5, 5.41) is 12.5. The average Bonchev–Trinajstić information content (AvgIpc) is 3.53. The van der Waals surface area contributed by atoms with Crippen LogP contribution in [0.4, 0.5) is 4.79 Å². The SMILES string of the molecule is Cc1oc(-c2ccccc2)nc1CCOc1ccc(CC(NC(=O)N2C[C@H]3CCCC[C@H]3C2)C(=O)O)cc1. The Balaban J connectivity index is 1.11. The van der Waals surface area contributed by atoms with Crippen molar-refractivity contribution in [3.05, 3.63) is 71.6 Å². The molecule has 1 unspecified atom stereocenters. The lowest BCUT2D eigenvalue weighted by atomic mass is 9.82. The smallest absolute Gasteiger partial charge is 0.326 e. The molecule has 0 radical (unpaired) electrons. The number of ether oxygens (including phenoxy) is 1. The lowest BCUT2D eigenvalue weighted by Crippen LogP contribution is -2.48. The molecule has 2 N–H and O–H groups in total. The second kappa shape index (κ2) is 11.7. The number of carboxylic acid groups (broad SMARTS) is 1. The molecule has 2 fully saturated rings. The summed E-state index contributed by atoms with van der Waals surface area (Å²) in [5.41, 5.74) is 2.62. The van der Waals surface area contributed by atoms with Crippen molar-refractivity contribution in [3.63, 3.8) is 0 Å². The van der Waals surface area contributed by atoms with Crippen LogP contribution in [-0.4, -0.2) is 52.7 Å². The van der Waals surface area contributed by atoms with Gasteiger partial charge in [0.05, 0.1) is 12.3 Å². The van der Waals surface area contributed by atoms with E-state index >= 15 is 0 Å². The predicted octanol–water partition coefficient (Wildman–Crippen LogP) is 5.10. The third-order valence-corrected chi connectivity index (χ3v) is 7.74. The molecule has 8 heteroatoms. The number of hydrogen-bond acceptors (Lipinski definition) is 5. The van der Waals surface area contributed by atoms with Crippen molar-refractivity contribution in [1.29, 1.82) is 0 Å². The quantitative estimate of drug-likeness (QED) is 0.409. The Hall–Kier alpha value is -3.81. The highest BCUT2D eigenvalue weighted by Gasteiger charge is 2.37. The first kappa shape index (κ1) is 25.8. The Morgan fingerprint density at radius 2 is 1.76 bits per heavy atom. The molecular formula is C30H35N3O5. The zero-order chi connectivity index (χ0) is 26.5. The predicted molar refractivity (Wildman–Crippen MR) is 143 cm³/mol. The number of amides is 2. The highest BCUT2D eigenvalue weighted by molar-refractivity contribution is 5.83. The van der Waals surface area contributed by atoms with Crippen LogP contribution in [0.1, 0.15) is 42.7 Å². The number of aryl methyl sites for hydroxylation is 1. The van der Waals surface area contributed by atoms with E-state index in [0.29, 0.717) is 36.5 Å². The van der Waals surface area contributed by atoms with Gasteiger partial charge in [0.2, 0.25) is 5.89 Å². The molecular weight excluding hydrogens is 482 g/mol. The molecule has 1 saturated heterocycles. The number of hydrogen-bond donors (Lipinski definition) is 2. The van der Waals surface area contributed by atoms with Crippen LogP contribution in [0.2, 0.25) is 0 Å². The Labute approximate surface area is 223 Å². The fourth-order valence-electron chi connectivity index (χ4n) is 5.60. The van der Waals surface area contributed by atoms with Gasteiger partial charge in [-0.3, -0.25) is 0 Å². The number of aromatic nitrogens is 1. The molecule has 8 nitrogen and oxygen atoms in total. The number of fused-ring (bicyclic) bond motifs is 1. The second-order valence-corrected chi connectivity index (χ2v) is 10.4. The molecule has 2 aliphatic rings. The second-order valence-electron chi connectivity index (χ2n) is 10.4. The minimum Gasteiger partial charge on any atom is -0.493 e. The maximum atomic E-state index is 12.8. The zero-order valence-corrected chi connectivity index (χ0v) is 21.8. The summed E-state index contributed by atoms with van der Waals surface area (Å²) in [7, 11) is 0. The third-order valence-electron chi connectivity index (χ3n) is 7.74. The maximum absolute atomic E-state index is 12.8. The minimum absolute atomic E-state index is 0.211. The Morgan fingerprint density at radius 3 is 2.42 bits per heavy atom. The number of oxazole rings is 1. The minimum atomic E-state index is -1.03. The van der Waals surface area contributed by atoms with Crippen molar-refractivity contribution < 1.29 is 23.8 Å². The molecule has 5 rings (SSSR count). The average molecular weight is 518 g/mol. The monoisotopic (exact) mass is 517 g/mol. The summed E-state index contributed by atoms with van der Waals surface area (Å²) in [6.07, 6.45) is 5.60. The van der Waals surface area contributed by atoms with E-state index in [4.69, 9.17) is 9.15 Å². The molecule has 2 heterocycles. The van der Waals surface area contributed by atoms with Crippen molar-refractivity contribution in [2.75, 3.05) is 19.7 Å². The Bertz CT molecular complexity index is 1230. The summed E-state index contributed by atoms with van der Waals surface area (Å²) >= 11 is 0. The number of urea groups is 1. The number of aliphatic carboxylic acids is 1. The first-order valence-corrected chi connectivity index (χ1v) is 13.5. The van der Waals surface area contributed by atoms with Crippen molar-refractivity contribution >= 4 is 12.0 Å². The van der Waals surface area contributed by atoms with Crippen molar-refractivity contribution in [2.24, 2.45) is 11.8 Å². The zero-order valence-electron chi connectivity index (χ0n) is 21.8. The molecule has 1 saturated carbocycles. The molecule has 200 valence electrons. The van der Waals surface area contributed by atoms with E-state index in [-0.39, 0.29) is 12.5 Å². The molecule has 2 aromatic carbocycles. The van der Waals surface area contributed by atoms with Crippen LogP contribution in [0.15, 0.2) is 59.0 Å². The fraction of sp³-hybridized carbons (Fsp3) is 0.433. The van der Waals surface area contributed by atoms with Gasteiger partial charge >= 0.3 is 12.0 Å². The maximum Gasteiger partial charge on any atom is 0.326 e. The molecule has 2 amide bonds. The van der Waals surface area contributed by atoms with E-state index < -0.39 is 12.0 Å². The van der Waals surface area contributed by atoms with E-state index in [1.807, 2.05) is 61.5 Å². The normalized spacial score (nSPS) is 19.6. The highest BCUT2D eigenvalue weighted by atomic mass is 16.5. The molecule has 38 heavy (non-hydrogen) atoms. The summed E-state index contributed by atoms with van der Waals surface area (Å²) < 4.78 is 11.7.